The van der Waals surface area contributed by atoms with Crippen molar-refractivity contribution in [2.24, 2.45) is 4.99 Å². The van der Waals surface area contributed by atoms with Crippen LogP contribution in [0.4, 0.5) is 0 Å². The molecule has 1 aliphatic rings. The Morgan fingerprint density at radius 2 is 1.58 bits per heavy atom. The van der Waals surface area contributed by atoms with E-state index in [0.717, 1.165) is 13.0 Å². The zero-order valence-electron chi connectivity index (χ0n) is 16.1. The molecule has 0 aromatic carbocycles. The van der Waals surface area contributed by atoms with Gasteiger partial charge in [-0.05, 0) is 45.4 Å². The molecular formula is C21H40N2O. The van der Waals surface area contributed by atoms with E-state index in [0.29, 0.717) is 0 Å². The molecule has 0 aromatic rings. The normalized spacial score (nSPS) is 19.5. The van der Waals surface area contributed by atoms with Gasteiger partial charge in [0, 0.05) is 12.8 Å². The van der Waals surface area contributed by atoms with Crippen molar-refractivity contribution in [1.82, 2.24) is 4.90 Å². The van der Waals surface area contributed by atoms with Gasteiger partial charge in [-0.3, -0.25) is 9.89 Å². The monoisotopic (exact) mass is 336 g/mol. The average Bonchev–Trinajstić information content (AvgIpc) is 3.04. The fourth-order valence-electron chi connectivity index (χ4n) is 3.33. The lowest BCUT2D eigenvalue weighted by Gasteiger charge is -2.25. The Morgan fingerprint density at radius 3 is 2.21 bits per heavy atom. The van der Waals surface area contributed by atoms with Gasteiger partial charge in [-0.15, -0.1) is 0 Å². The molecule has 0 bridgehead atoms. The molecule has 0 fully saturated rings. The number of aliphatic imine (C=N–C) groups is 1. The van der Waals surface area contributed by atoms with E-state index >= 15 is 0 Å². The summed E-state index contributed by atoms with van der Waals surface area (Å²) in [6.45, 7) is 4.90. The minimum absolute atomic E-state index is 0.215. The lowest BCUT2D eigenvalue weighted by Crippen LogP contribution is -2.37. The molecule has 0 radical (unpaired) electrons. The third-order valence-corrected chi connectivity index (χ3v) is 4.91. The predicted octanol–water partition coefficient (Wildman–Crippen LogP) is 5.68. The maximum Gasteiger partial charge on any atom is 0.106 e. The molecule has 1 heterocycles. The van der Waals surface area contributed by atoms with Crippen LogP contribution in [0.15, 0.2) is 17.1 Å². The van der Waals surface area contributed by atoms with Crippen LogP contribution in [0.2, 0.25) is 0 Å². The highest BCUT2D eigenvalue weighted by Gasteiger charge is 2.23. The van der Waals surface area contributed by atoms with Crippen LogP contribution >= 0.6 is 0 Å². The zero-order valence-corrected chi connectivity index (χ0v) is 16.1. The Kier molecular flexibility index (Phi) is 13.1. The van der Waals surface area contributed by atoms with Gasteiger partial charge < -0.3 is 5.11 Å². The molecule has 1 N–H and O–H groups in total. The Hall–Kier alpha value is -0.670. The molecule has 3 heteroatoms. The number of nitrogens with zero attached hydrogens (tertiary/aromatic N) is 2. The lowest BCUT2D eigenvalue weighted by molar-refractivity contribution is 0.00710. The van der Waals surface area contributed by atoms with Crippen LogP contribution in [-0.2, 0) is 0 Å². The maximum atomic E-state index is 9.68. The lowest BCUT2D eigenvalue weighted by atomic mass is 10.1. The number of hydrogen-bond donors (Lipinski definition) is 1. The van der Waals surface area contributed by atoms with Crippen molar-refractivity contribution in [2.45, 2.75) is 110 Å². The molecule has 140 valence electrons. The quantitative estimate of drug-likeness (QED) is 0.308. The summed E-state index contributed by atoms with van der Waals surface area (Å²) in [6.07, 6.45) is 23.6. The zero-order chi connectivity index (χ0) is 17.5. The summed E-state index contributed by atoms with van der Waals surface area (Å²) in [6, 6.07) is 0. The van der Waals surface area contributed by atoms with Crippen LogP contribution in [0, 0.1) is 0 Å². The van der Waals surface area contributed by atoms with Crippen molar-refractivity contribution in [3.05, 3.63) is 12.2 Å². The Morgan fingerprint density at radius 1 is 1.00 bits per heavy atom. The summed E-state index contributed by atoms with van der Waals surface area (Å²) in [7, 11) is 0. The van der Waals surface area contributed by atoms with Crippen molar-refractivity contribution >= 4 is 6.21 Å². The van der Waals surface area contributed by atoms with E-state index in [1.165, 1.54) is 77.0 Å². The van der Waals surface area contributed by atoms with E-state index in [-0.39, 0.29) is 12.4 Å². The number of hydrogen-bond acceptors (Lipinski definition) is 3. The van der Waals surface area contributed by atoms with Crippen LogP contribution in [0.5, 0.6) is 0 Å². The Bertz CT molecular complexity index is 339. The van der Waals surface area contributed by atoms with E-state index in [9.17, 15) is 5.11 Å². The second kappa shape index (κ2) is 14.7. The summed E-state index contributed by atoms with van der Waals surface area (Å²) in [5.74, 6) is 0. The van der Waals surface area contributed by atoms with Gasteiger partial charge in [0.1, 0.15) is 12.4 Å². The number of aliphatic hydroxyl groups is 1. The van der Waals surface area contributed by atoms with Gasteiger partial charge in [-0.25, -0.2) is 0 Å². The minimum atomic E-state index is -0.378. The van der Waals surface area contributed by atoms with Crippen molar-refractivity contribution < 1.29 is 5.11 Å². The molecule has 2 atom stereocenters. The van der Waals surface area contributed by atoms with E-state index in [1.54, 1.807) is 0 Å². The van der Waals surface area contributed by atoms with E-state index < -0.39 is 0 Å². The minimum Gasteiger partial charge on any atom is -0.379 e. The maximum absolute atomic E-state index is 9.68. The molecule has 1 aliphatic heterocycles. The fourth-order valence-corrected chi connectivity index (χ4v) is 3.33. The highest BCUT2D eigenvalue weighted by atomic mass is 16.3. The predicted molar refractivity (Wildman–Crippen MR) is 106 cm³/mol. The van der Waals surface area contributed by atoms with Crippen molar-refractivity contribution in [3.8, 4) is 0 Å². The van der Waals surface area contributed by atoms with Gasteiger partial charge in [0.05, 0.1) is 0 Å². The van der Waals surface area contributed by atoms with Crippen LogP contribution in [-0.4, -0.2) is 35.2 Å². The first kappa shape index (κ1) is 21.4. The molecule has 24 heavy (non-hydrogen) atoms. The molecule has 0 amide bonds. The second-order valence-electron chi connectivity index (χ2n) is 7.16. The summed E-state index contributed by atoms with van der Waals surface area (Å²) in [5.41, 5.74) is 0. The van der Waals surface area contributed by atoms with E-state index in [1.807, 2.05) is 13.1 Å². The first-order valence-corrected chi connectivity index (χ1v) is 10.4. The third-order valence-electron chi connectivity index (χ3n) is 4.91. The molecule has 0 aromatic heterocycles. The first-order valence-electron chi connectivity index (χ1n) is 10.4. The largest absolute Gasteiger partial charge is 0.379 e. The van der Waals surface area contributed by atoms with Crippen molar-refractivity contribution in [3.63, 3.8) is 0 Å². The standard InChI is InChI=1S/C21H40N2O/c1-3-4-5-6-7-8-9-10-11-12-13-14-15-16-17-21-22-18-19-23(21)20(2)24/h8-9,18,20-21,24H,3-7,10-17,19H2,1-2H3/b9-8+. The molecular weight excluding hydrogens is 296 g/mol. The summed E-state index contributed by atoms with van der Waals surface area (Å²) >= 11 is 0. The average molecular weight is 337 g/mol. The van der Waals surface area contributed by atoms with Crippen LogP contribution in [0.1, 0.15) is 97.3 Å². The summed E-state index contributed by atoms with van der Waals surface area (Å²) in [5, 5.41) is 9.68. The number of aliphatic hydroxyl groups excluding tert-OH is 1. The smallest absolute Gasteiger partial charge is 0.106 e. The molecule has 0 spiro atoms. The van der Waals surface area contributed by atoms with Gasteiger partial charge in [0.25, 0.3) is 0 Å². The molecule has 0 saturated carbocycles. The Balaban J connectivity index is 1.84. The van der Waals surface area contributed by atoms with Gasteiger partial charge in [0.15, 0.2) is 0 Å². The van der Waals surface area contributed by atoms with Gasteiger partial charge in [0.2, 0.25) is 0 Å². The Labute approximate surface area is 150 Å². The topological polar surface area (TPSA) is 35.8 Å². The van der Waals surface area contributed by atoms with Gasteiger partial charge in [-0.1, -0.05) is 64.0 Å². The molecule has 0 aliphatic carbocycles. The molecule has 3 nitrogen and oxygen atoms in total. The molecule has 0 saturated heterocycles. The summed E-state index contributed by atoms with van der Waals surface area (Å²) in [4.78, 5) is 6.53. The molecule has 1 rings (SSSR count). The van der Waals surface area contributed by atoms with Crippen molar-refractivity contribution in [1.29, 1.82) is 0 Å². The van der Waals surface area contributed by atoms with Crippen LogP contribution in [0.3, 0.4) is 0 Å². The highest BCUT2D eigenvalue weighted by Crippen LogP contribution is 2.17. The second-order valence-corrected chi connectivity index (χ2v) is 7.16. The highest BCUT2D eigenvalue weighted by molar-refractivity contribution is 5.62. The van der Waals surface area contributed by atoms with E-state index in [4.69, 9.17) is 0 Å². The van der Waals surface area contributed by atoms with Crippen LogP contribution < -0.4 is 0 Å². The SMILES string of the molecule is CCCCCC/C=C/CCCCCCCCC1N=CCN1C(C)O. The number of allylic oxidation sites excluding steroid dienone is 2. The van der Waals surface area contributed by atoms with Gasteiger partial charge in [-0.2, -0.15) is 0 Å². The third kappa shape index (κ3) is 10.2. The van der Waals surface area contributed by atoms with E-state index in [2.05, 4.69) is 29.0 Å². The summed E-state index contributed by atoms with van der Waals surface area (Å²) < 4.78 is 0. The number of rotatable bonds is 15. The molecule has 2 unspecified atom stereocenters. The fraction of sp³-hybridized carbons (Fsp3) is 0.857. The van der Waals surface area contributed by atoms with Gasteiger partial charge >= 0.3 is 0 Å². The van der Waals surface area contributed by atoms with Crippen LogP contribution in [0.25, 0.3) is 0 Å². The van der Waals surface area contributed by atoms with Crippen molar-refractivity contribution in [2.75, 3.05) is 6.54 Å². The number of unbranched alkanes of at least 4 members (excludes halogenated alkanes) is 10. The first-order chi connectivity index (χ1) is 11.8.